The fraction of sp³-hybridized carbons (Fsp3) is 0.167. The Kier molecular flexibility index (Phi) is 3.72. The number of imide groups is 1. The first kappa shape index (κ1) is 17.2. The molecular weight excluding hydrogens is 370 g/mol. The van der Waals surface area contributed by atoms with Crippen molar-refractivity contribution in [2.45, 2.75) is 18.3 Å². The van der Waals surface area contributed by atoms with Gasteiger partial charge in [-0.2, -0.15) is 0 Å². The molecule has 3 aromatic rings. The molecule has 1 spiro atoms. The first-order chi connectivity index (χ1) is 13.6. The van der Waals surface area contributed by atoms with E-state index < -0.39 is 10.8 Å². The molecule has 0 bridgehead atoms. The number of hydrogen-bond donors (Lipinski definition) is 0. The zero-order chi connectivity index (χ0) is 19.4. The quantitative estimate of drug-likeness (QED) is 0.594. The van der Waals surface area contributed by atoms with E-state index in [-0.39, 0.29) is 18.2 Å². The van der Waals surface area contributed by atoms with Crippen LogP contribution in [0.25, 0.3) is 0 Å². The number of amides is 2. The lowest BCUT2D eigenvalue weighted by Crippen LogP contribution is -2.33. The molecule has 28 heavy (non-hydrogen) atoms. The van der Waals surface area contributed by atoms with E-state index in [1.54, 1.807) is 24.3 Å². The summed E-state index contributed by atoms with van der Waals surface area (Å²) in [7, 11) is 0. The van der Waals surface area contributed by atoms with Crippen molar-refractivity contribution in [2.24, 2.45) is 5.41 Å². The first-order valence-electron chi connectivity index (χ1n) is 9.33. The highest BCUT2D eigenvalue weighted by molar-refractivity contribution is 6.36. The van der Waals surface area contributed by atoms with Gasteiger partial charge in [0, 0.05) is 11.8 Å². The number of halogens is 1. The van der Waals surface area contributed by atoms with Gasteiger partial charge in [0.1, 0.15) is 0 Å². The summed E-state index contributed by atoms with van der Waals surface area (Å²) in [5.74, 6) is -0.342. The monoisotopic (exact) mass is 387 g/mol. The molecule has 1 aliphatic carbocycles. The molecule has 0 unspecified atom stereocenters. The highest BCUT2D eigenvalue weighted by atomic mass is 35.5. The summed E-state index contributed by atoms with van der Waals surface area (Å²) in [4.78, 5) is 27.9. The van der Waals surface area contributed by atoms with Crippen LogP contribution in [0.4, 0.5) is 5.69 Å². The van der Waals surface area contributed by atoms with Gasteiger partial charge in [0.25, 0.3) is 0 Å². The molecule has 2 fully saturated rings. The molecule has 1 saturated carbocycles. The lowest BCUT2D eigenvalue weighted by molar-refractivity contribution is -0.123. The van der Waals surface area contributed by atoms with Crippen molar-refractivity contribution in [3.63, 3.8) is 0 Å². The number of benzene rings is 3. The van der Waals surface area contributed by atoms with Crippen molar-refractivity contribution in [3.8, 4) is 0 Å². The van der Waals surface area contributed by atoms with Crippen LogP contribution < -0.4 is 4.90 Å². The van der Waals surface area contributed by atoms with E-state index in [9.17, 15) is 9.59 Å². The largest absolute Gasteiger partial charge is 0.274 e. The Morgan fingerprint density at radius 1 is 0.750 bits per heavy atom. The molecule has 3 aromatic carbocycles. The van der Waals surface area contributed by atoms with Gasteiger partial charge in [0.15, 0.2) is 0 Å². The van der Waals surface area contributed by atoms with Gasteiger partial charge in [-0.3, -0.25) is 9.59 Å². The minimum Gasteiger partial charge on any atom is -0.274 e. The average Bonchev–Trinajstić information content (AvgIpc) is 3.34. The molecule has 2 amide bonds. The molecule has 138 valence electrons. The predicted molar refractivity (Wildman–Crippen MR) is 109 cm³/mol. The van der Waals surface area contributed by atoms with Gasteiger partial charge in [-0.1, -0.05) is 84.4 Å². The summed E-state index contributed by atoms with van der Waals surface area (Å²) < 4.78 is 0. The lowest BCUT2D eigenvalue weighted by atomic mass is 9.79. The molecule has 1 heterocycles. The maximum atomic E-state index is 13.7. The molecular formula is C24H18ClNO2. The molecule has 0 N–H and O–H groups in total. The molecule has 0 radical (unpaired) electrons. The predicted octanol–water partition coefficient (Wildman–Crippen LogP) is 4.98. The van der Waals surface area contributed by atoms with E-state index in [1.165, 1.54) is 4.90 Å². The topological polar surface area (TPSA) is 37.4 Å². The Balaban J connectivity index is 1.66. The molecule has 0 aromatic heterocycles. The fourth-order valence-electron chi connectivity index (χ4n) is 4.87. The normalized spacial score (nSPS) is 22.7. The zero-order valence-electron chi connectivity index (χ0n) is 15.1. The van der Waals surface area contributed by atoms with Crippen LogP contribution in [0.1, 0.15) is 24.0 Å². The van der Waals surface area contributed by atoms with Gasteiger partial charge < -0.3 is 0 Å². The van der Waals surface area contributed by atoms with Crippen molar-refractivity contribution < 1.29 is 9.59 Å². The number of nitrogens with zero attached hydrogens (tertiary/aromatic N) is 1. The Labute approximate surface area is 168 Å². The summed E-state index contributed by atoms with van der Waals surface area (Å²) in [6, 6.07) is 27.1. The Bertz CT molecular complexity index is 1040. The van der Waals surface area contributed by atoms with Crippen molar-refractivity contribution in [1.82, 2.24) is 0 Å². The Hall–Kier alpha value is -2.91. The van der Waals surface area contributed by atoms with Crippen LogP contribution in [0.5, 0.6) is 0 Å². The van der Waals surface area contributed by atoms with Crippen molar-refractivity contribution >= 4 is 29.1 Å². The Morgan fingerprint density at radius 3 is 1.86 bits per heavy atom. The van der Waals surface area contributed by atoms with E-state index in [0.29, 0.717) is 17.1 Å². The zero-order valence-corrected chi connectivity index (χ0v) is 15.9. The van der Waals surface area contributed by atoms with Crippen molar-refractivity contribution in [3.05, 3.63) is 101 Å². The third-order valence-electron chi connectivity index (χ3n) is 6.20. The first-order valence-corrected chi connectivity index (χ1v) is 9.71. The Morgan fingerprint density at radius 2 is 1.29 bits per heavy atom. The summed E-state index contributed by atoms with van der Waals surface area (Å²) in [6.07, 6.45) is 0.820. The van der Waals surface area contributed by atoms with Gasteiger partial charge in [0.05, 0.1) is 16.1 Å². The van der Waals surface area contributed by atoms with E-state index in [4.69, 9.17) is 11.6 Å². The lowest BCUT2D eigenvalue weighted by Gasteiger charge is -2.23. The number of hydrogen-bond acceptors (Lipinski definition) is 2. The maximum Gasteiger partial charge on any atom is 0.241 e. The highest BCUT2D eigenvalue weighted by Crippen LogP contribution is 2.72. The van der Waals surface area contributed by atoms with E-state index in [0.717, 1.165) is 11.1 Å². The maximum absolute atomic E-state index is 13.7. The molecule has 2 aliphatic rings. The summed E-state index contributed by atoms with van der Waals surface area (Å²) in [5.41, 5.74) is 1.37. The van der Waals surface area contributed by atoms with Crippen molar-refractivity contribution in [2.75, 3.05) is 4.90 Å². The number of para-hydroxylation sites is 1. The third kappa shape index (κ3) is 2.17. The number of carbonyl (C=O) groups excluding carboxylic acids is 2. The van der Waals surface area contributed by atoms with Crippen LogP contribution in [-0.2, 0) is 15.0 Å². The standard InChI is InChI=1S/C24H18ClNO2/c25-19-13-7-8-14-20(19)26-21(27)15-23(22(26)28)16-24(23,17-9-3-1-4-10-17)18-11-5-2-6-12-18/h1-14H,15-16H2/t23-/m1/s1. The van der Waals surface area contributed by atoms with E-state index >= 15 is 0 Å². The molecule has 1 saturated heterocycles. The van der Waals surface area contributed by atoms with Crippen LogP contribution in [-0.4, -0.2) is 11.8 Å². The molecule has 1 atom stereocenters. The van der Waals surface area contributed by atoms with Crippen LogP contribution in [0.2, 0.25) is 5.02 Å². The molecule has 3 nitrogen and oxygen atoms in total. The van der Waals surface area contributed by atoms with Crippen LogP contribution >= 0.6 is 11.6 Å². The number of carbonyl (C=O) groups is 2. The molecule has 4 heteroatoms. The summed E-state index contributed by atoms with van der Waals surface area (Å²) in [6.45, 7) is 0. The SMILES string of the molecule is O=C1C[C@@]2(CC2(c2ccccc2)c2ccccc2)C(=O)N1c1ccccc1Cl. The van der Waals surface area contributed by atoms with Gasteiger partial charge in [0.2, 0.25) is 11.8 Å². The highest BCUT2D eigenvalue weighted by Gasteiger charge is 2.77. The van der Waals surface area contributed by atoms with Crippen LogP contribution in [0.3, 0.4) is 0 Å². The second-order valence-corrected chi connectivity index (χ2v) is 7.97. The van der Waals surface area contributed by atoms with Gasteiger partial charge in [-0.15, -0.1) is 0 Å². The summed E-state index contributed by atoms with van der Waals surface area (Å²) in [5, 5.41) is 0.409. The van der Waals surface area contributed by atoms with Gasteiger partial charge in [-0.25, -0.2) is 4.90 Å². The molecule has 5 rings (SSSR count). The summed E-state index contributed by atoms with van der Waals surface area (Å²) >= 11 is 6.31. The van der Waals surface area contributed by atoms with Crippen molar-refractivity contribution in [1.29, 1.82) is 0 Å². The van der Waals surface area contributed by atoms with E-state index in [2.05, 4.69) is 24.3 Å². The van der Waals surface area contributed by atoms with Crippen LogP contribution in [0, 0.1) is 5.41 Å². The van der Waals surface area contributed by atoms with Gasteiger partial charge >= 0.3 is 0 Å². The fourth-order valence-corrected chi connectivity index (χ4v) is 5.09. The van der Waals surface area contributed by atoms with Crippen LogP contribution in [0.15, 0.2) is 84.9 Å². The average molecular weight is 388 g/mol. The third-order valence-corrected chi connectivity index (χ3v) is 6.52. The number of anilines is 1. The molecule has 1 aliphatic heterocycles. The minimum atomic E-state index is -0.758. The minimum absolute atomic E-state index is 0.154. The van der Waals surface area contributed by atoms with Gasteiger partial charge in [-0.05, 0) is 29.7 Å². The van der Waals surface area contributed by atoms with E-state index in [1.807, 2.05) is 36.4 Å². The second-order valence-electron chi connectivity index (χ2n) is 7.56. The second kappa shape index (κ2) is 6.05. The smallest absolute Gasteiger partial charge is 0.241 e. The number of rotatable bonds is 3.